The number of amides is 1. The highest BCUT2D eigenvalue weighted by Gasteiger charge is 2.17. The molecule has 0 fully saturated rings. The number of para-hydroxylation sites is 1. The van der Waals surface area contributed by atoms with E-state index in [9.17, 15) is 9.59 Å². The molecule has 0 aliphatic rings. The van der Waals surface area contributed by atoms with E-state index in [0.717, 1.165) is 10.9 Å². The van der Waals surface area contributed by atoms with Gasteiger partial charge in [-0.15, -0.1) is 0 Å². The first-order valence-electron chi connectivity index (χ1n) is 8.49. The number of hydrogen-bond acceptors (Lipinski definition) is 4. The number of fused-ring (bicyclic) bond motifs is 1. The topological polar surface area (TPSA) is 88.0 Å². The largest absolute Gasteiger partial charge is 0.451 e. The number of aromatic nitrogens is 2. The first-order chi connectivity index (χ1) is 13.0. The third-order valence-electron chi connectivity index (χ3n) is 4.31. The molecule has 2 heterocycles. The lowest BCUT2D eigenvalue weighted by atomic mass is 10.1. The molecule has 27 heavy (non-hydrogen) atoms. The van der Waals surface area contributed by atoms with Gasteiger partial charge in [0.25, 0.3) is 11.5 Å². The molecule has 2 N–H and O–H groups in total. The fraction of sp³-hybridized carbons (Fsp3) is 0.0952. The summed E-state index contributed by atoms with van der Waals surface area (Å²) in [5, 5.41) is 3.76. The number of aryl methyl sites for hydroxylation is 2. The van der Waals surface area contributed by atoms with Crippen molar-refractivity contribution in [2.45, 2.75) is 13.8 Å². The average Bonchev–Trinajstić information content (AvgIpc) is 2.98. The van der Waals surface area contributed by atoms with E-state index in [0.29, 0.717) is 28.4 Å². The minimum Gasteiger partial charge on any atom is -0.451 e. The summed E-state index contributed by atoms with van der Waals surface area (Å²) in [6.07, 6.45) is 0. The van der Waals surface area contributed by atoms with Crippen LogP contribution in [0.2, 0.25) is 0 Å². The van der Waals surface area contributed by atoms with Gasteiger partial charge in [-0.2, -0.15) is 0 Å². The van der Waals surface area contributed by atoms with Crippen molar-refractivity contribution in [2.24, 2.45) is 0 Å². The van der Waals surface area contributed by atoms with Crippen LogP contribution >= 0.6 is 0 Å². The van der Waals surface area contributed by atoms with E-state index in [1.807, 2.05) is 37.3 Å². The molecule has 6 heteroatoms. The summed E-state index contributed by atoms with van der Waals surface area (Å²) in [5.41, 5.74) is 3.17. The van der Waals surface area contributed by atoms with Gasteiger partial charge in [0.15, 0.2) is 5.76 Å². The van der Waals surface area contributed by atoms with Crippen LogP contribution in [0, 0.1) is 13.8 Å². The van der Waals surface area contributed by atoms with E-state index in [4.69, 9.17) is 4.42 Å². The molecule has 6 nitrogen and oxygen atoms in total. The fourth-order valence-corrected chi connectivity index (χ4v) is 3.04. The van der Waals surface area contributed by atoms with Crippen LogP contribution in [0.4, 0.5) is 5.69 Å². The van der Waals surface area contributed by atoms with Crippen molar-refractivity contribution in [1.29, 1.82) is 0 Å². The van der Waals surface area contributed by atoms with Crippen molar-refractivity contribution >= 4 is 22.6 Å². The molecule has 0 unspecified atom stereocenters. The molecule has 0 spiro atoms. The van der Waals surface area contributed by atoms with Gasteiger partial charge < -0.3 is 14.7 Å². The summed E-state index contributed by atoms with van der Waals surface area (Å²) in [6, 6.07) is 16.1. The van der Waals surface area contributed by atoms with E-state index >= 15 is 0 Å². The first-order valence-corrected chi connectivity index (χ1v) is 8.49. The van der Waals surface area contributed by atoms with Crippen LogP contribution in [-0.4, -0.2) is 15.9 Å². The van der Waals surface area contributed by atoms with Gasteiger partial charge in [-0.3, -0.25) is 9.59 Å². The van der Waals surface area contributed by atoms with Crippen molar-refractivity contribution in [3.63, 3.8) is 0 Å². The number of rotatable bonds is 3. The van der Waals surface area contributed by atoms with Crippen LogP contribution in [0.5, 0.6) is 0 Å². The van der Waals surface area contributed by atoms with Crippen LogP contribution in [0.3, 0.4) is 0 Å². The summed E-state index contributed by atoms with van der Waals surface area (Å²) in [7, 11) is 0. The Labute approximate surface area is 154 Å². The highest BCUT2D eigenvalue weighted by molar-refractivity contribution is 6.06. The minimum absolute atomic E-state index is 0.218. The maximum absolute atomic E-state index is 12.7. The number of benzene rings is 2. The predicted octanol–water partition coefficient (Wildman–Crippen LogP) is 4.05. The normalized spacial score (nSPS) is 10.9. The van der Waals surface area contributed by atoms with Crippen molar-refractivity contribution in [3.8, 4) is 11.4 Å². The fourth-order valence-electron chi connectivity index (χ4n) is 3.04. The van der Waals surface area contributed by atoms with Gasteiger partial charge in [-0.05, 0) is 32.0 Å². The molecule has 0 saturated carbocycles. The average molecular weight is 359 g/mol. The molecule has 0 atom stereocenters. The quantitative estimate of drug-likeness (QED) is 0.577. The first kappa shape index (κ1) is 16.8. The second kappa shape index (κ2) is 6.57. The Morgan fingerprint density at radius 1 is 1.07 bits per heavy atom. The maximum Gasteiger partial charge on any atom is 0.291 e. The molecule has 2 aromatic carbocycles. The maximum atomic E-state index is 12.7. The third kappa shape index (κ3) is 3.25. The Hall–Kier alpha value is -3.67. The van der Waals surface area contributed by atoms with Crippen LogP contribution in [0.25, 0.3) is 22.4 Å². The summed E-state index contributed by atoms with van der Waals surface area (Å²) < 4.78 is 5.71. The number of carbonyl (C=O) groups is 1. The van der Waals surface area contributed by atoms with Crippen LogP contribution in [0.15, 0.2) is 63.8 Å². The van der Waals surface area contributed by atoms with Gasteiger partial charge in [0.2, 0.25) is 0 Å². The third-order valence-corrected chi connectivity index (χ3v) is 4.31. The highest BCUT2D eigenvalue weighted by Crippen LogP contribution is 2.26. The smallest absolute Gasteiger partial charge is 0.291 e. The number of hydrogen-bond donors (Lipinski definition) is 2. The van der Waals surface area contributed by atoms with Gasteiger partial charge in [0.05, 0.1) is 0 Å². The molecule has 0 bridgehead atoms. The van der Waals surface area contributed by atoms with Gasteiger partial charge >= 0.3 is 0 Å². The number of H-pyrrole nitrogens is 1. The zero-order chi connectivity index (χ0) is 19.0. The minimum atomic E-state index is -0.327. The molecular formula is C21H17N3O3. The second-order valence-electron chi connectivity index (χ2n) is 6.32. The number of carbonyl (C=O) groups excluding carboxylic acids is 1. The Kier molecular flexibility index (Phi) is 4.08. The van der Waals surface area contributed by atoms with Crippen molar-refractivity contribution in [1.82, 2.24) is 9.97 Å². The molecule has 4 aromatic rings. The number of nitrogens with one attached hydrogen (secondary N) is 2. The van der Waals surface area contributed by atoms with E-state index < -0.39 is 0 Å². The van der Waals surface area contributed by atoms with Gasteiger partial charge in [-0.1, -0.05) is 30.3 Å². The molecule has 134 valence electrons. The number of aromatic amines is 1. The predicted molar refractivity (Wildman–Crippen MR) is 104 cm³/mol. The lowest BCUT2D eigenvalue weighted by molar-refractivity contribution is 0.0998. The number of furan rings is 1. The van der Waals surface area contributed by atoms with Gasteiger partial charge in [-0.25, -0.2) is 4.98 Å². The lowest BCUT2D eigenvalue weighted by Gasteiger charge is -2.07. The molecule has 0 radical (unpaired) electrons. The summed E-state index contributed by atoms with van der Waals surface area (Å²) in [5.74, 6) is 0.409. The molecular weight excluding hydrogens is 342 g/mol. The molecule has 1 amide bonds. The molecule has 2 aromatic heterocycles. The number of nitrogens with zero attached hydrogens (tertiary/aromatic N) is 1. The lowest BCUT2D eigenvalue weighted by Crippen LogP contribution is -2.12. The van der Waals surface area contributed by atoms with E-state index in [1.165, 1.54) is 6.07 Å². The standard InChI is InChI=1S/C21H17N3O3/c1-12-10-18(25)24-20(22-12)14-6-5-7-15(11-14)23-21(26)19-13(2)16-8-3-4-9-17(16)27-19/h3-11H,1-2H3,(H,23,26)(H,22,24,25). The Balaban J connectivity index is 1.65. The zero-order valence-corrected chi connectivity index (χ0v) is 14.9. The Morgan fingerprint density at radius 3 is 2.67 bits per heavy atom. The van der Waals surface area contributed by atoms with Crippen LogP contribution < -0.4 is 10.9 Å². The van der Waals surface area contributed by atoms with E-state index in [2.05, 4.69) is 15.3 Å². The Morgan fingerprint density at radius 2 is 1.89 bits per heavy atom. The summed E-state index contributed by atoms with van der Waals surface area (Å²) in [4.78, 5) is 31.4. The monoisotopic (exact) mass is 359 g/mol. The SMILES string of the molecule is Cc1cc(=O)[nH]c(-c2cccc(NC(=O)c3oc4ccccc4c3C)c2)n1. The van der Waals surface area contributed by atoms with Crippen molar-refractivity contribution < 1.29 is 9.21 Å². The van der Waals surface area contributed by atoms with Gasteiger partial charge in [0, 0.05) is 34.0 Å². The Bertz CT molecular complexity index is 1220. The summed E-state index contributed by atoms with van der Waals surface area (Å²) >= 11 is 0. The van der Waals surface area contributed by atoms with E-state index in [1.54, 1.807) is 25.1 Å². The molecule has 0 aliphatic heterocycles. The second-order valence-corrected chi connectivity index (χ2v) is 6.32. The summed E-state index contributed by atoms with van der Waals surface area (Å²) in [6.45, 7) is 3.62. The molecule has 0 saturated heterocycles. The van der Waals surface area contributed by atoms with Gasteiger partial charge in [0.1, 0.15) is 11.4 Å². The number of anilines is 1. The van der Waals surface area contributed by atoms with Crippen molar-refractivity contribution in [3.05, 3.63) is 82.0 Å². The molecule has 0 aliphatic carbocycles. The van der Waals surface area contributed by atoms with Crippen LogP contribution in [-0.2, 0) is 0 Å². The highest BCUT2D eigenvalue weighted by atomic mass is 16.3. The van der Waals surface area contributed by atoms with Crippen molar-refractivity contribution in [2.75, 3.05) is 5.32 Å². The van der Waals surface area contributed by atoms with E-state index in [-0.39, 0.29) is 17.2 Å². The van der Waals surface area contributed by atoms with Crippen LogP contribution in [0.1, 0.15) is 21.8 Å². The molecule has 4 rings (SSSR count). The zero-order valence-electron chi connectivity index (χ0n) is 14.9.